The summed E-state index contributed by atoms with van der Waals surface area (Å²) in [5, 5.41) is 0. The van der Waals surface area contributed by atoms with Gasteiger partial charge in [-0.2, -0.15) is 0 Å². The summed E-state index contributed by atoms with van der Waals surface area (Å²) in [6.07, 6.45) is 7.82. The maximum absolute atomic E-state index is 6.23. The van der Waals surface area contributed by atoms with Gasteiger partial charge in [-0.15, -0.1) is 0 Å². The van der Waals surface area contributed by atoms with Gasteiger partial charge in [0, 0.05) is 24.7 Å². The number of nitrogens with zero attached hydrogens (tertiary/aromatic N) is 1. The molecule has 2 unspecified atom stereocenters. The van der Waals surface area contributed by atoms with Crippen LogP contribution in [0.2, 0.25) is 0 Å². The quantitative estimate of drug-likeness (QED) is 0.771. The van der Waals surface area contributed by atoms with Crippen molar-refractivity contribution >= 4 is 0 Å². The minimum atomic E-state index is 0.217. The highest BCUT2D eigenvalue weighted by Gasteiger charge is 2.45. The van der Waals surface area contributed by atoms with E-state index in [0.717, 1.165) is 44.4 Å². The molecule has 0 aromatic rings. The summed E-state index contributed by atoms with van der Waals surface area (Å²) in [6.45, 7) is 9.77. The van der Waals surface area contributed by atoms with E-state index in [9.17, 15) is 0 Å². The van der Waals surface area contributed by atoms with Crippen LogP contribution in [0, 0.1) is 5.92 Å². The Morgan fingerprint density at radius 3 is 2.63 bits per heavy atom. The molecule has 3 nitrogen and oxygen atoms in total. The Hall–Kier alpha value is -0.120. The standard InChI is InChI=1S/C16H32N2O/c1-4-15-11-16(12-17,8-10-19-15)18(14-5-6-14)9-7-13(2)3/h13-15H,4-12,17H2,1-3H3. The van der Waals surface area contributed by atoms with Gasteiger partial charge in [-0.3, -0.25) is 4.90 Å². The number of nitrogens with two attached hydrogens (primary N) is 1. The Morgan fingerprint density at radius 1 is 1.37 bits per heavy atom. The molecule has 0 radical (unpaired) electrons. The van der Waals surface area contributed by atoms with Crippen molar-refractivity contribution in [2.75, 3.05) is 19.7 Å². The van der Waals surface area contributed by atoms with E-state index in [1.165, 1.54) is 25.8 Å². The van der Waals surface area contributed by atoms with E-state index in [4.69, 9.17) is 10.5 Å². The van der Waals surface area contributed by atoms with Gasteiger partial charge in [0.15, 0.2) is 0 Å². The third-order valence-electron chi connectivity index (χ3n) is 4.91. The van der Waals surface area contributed by atoms with Gasteiger partial charge in [0.25, 0.3) is 0 Å². The highest BCUT2D eigenvalue weighted by Crippen LogP contribution is 2.39. The molecule has 2 fully saturated rings. The van der Waals surface area contributed by atoms with E-state index < -0.39 is 0 Å². The Labute approximate surface area is 118 Å². The van der Waals surface area contributed by atoms with Crippen molar-refractivity contribution in [3.63, 3.8) is 0 Å². The number of rotatable bonds is 7. The molecule has 112 valence electrons. The molecule has 1 aliphatic heterocycles. The summed E-state index contributed by atoms with van der Waals surface area (Å²) in [6, 6.07) is 0.804. The highest BCUT2D eigenvalue weighted by atomic mass is 16.5. The second-order valence-electron chi connectivity index (χ2n) is 6.89. The Morgan fingerprint density at radius 2 is 2.11 bits per heavy atom. The fraction of sp³-hybridized carbons (Fsp3) is 1.00. The Bertz CT molecular complexity index is 278. The SMILES string of the molecule is CCC1CC(CN)(N(CCC(C)C)C2CC2)CCO1. The van der Waals surface area contributed by atoms with Gasteiger partial charge in [-0.05, 0) is 51.0 Å². The van der Waals surface area contributed by atoms with Crippen molar-refractivity contribution in [3.05, 3.63) is 0 Å². The molecule has 1 saturated heterocycles. The maximum Gasteiger partial charge on any atom is 0.0590 e. The Balaban J connectivity index is 2.06. The summed E-state index contributed by atoms with van der Waals surface area (Å²) in [5.41, 5.74) is 6.45. The average Bonchev–Trinajstić information content (AvgIpc) is 3.23. The summed E-state index contributed by atoms with van der Waals surface area (Å²) >= 11 is 0. The fourth-order valence-electron chi connectivity index (χ4n) is 3.42. The molecule has 2 rings (SSSR count). The van der Waals surface area contributed by atoms with Gasteiger partial charge in [0.05, 0.1) is 6.10 Å². The van der Waals surface area contributed by atoms with Gasteiger partial charge in [0.2, 0.25) is 0 Å². The molecule has 1 heterocycles. The summed E-state index contributed by atoms with van der Waals surface area (Å²) in [7, 11) is 0. The topological polar surface area (TPSA) is 38.5 Å². The number of hydrogen-bond donors (Lipinski definition) is 1. The van der Waals surface area contributed by atoms with Crippen LogP contribution in [0.15, 0.2) is 0 Å². The second kappa shape index (κ2) is 6.55. The van der Waals surface area contributed by atoms with Crippen molar-refractivity contribution in [2.24, 2.45) is 11.7 Å². The summed E-state index contributed by atoms with van der Waals surface area (Å²) in [4.78, 5) is 2.76. The van der Waals surface area contributed by atoms with Crippen LogP contribution in [0.25, 0.3) is 0 Å². The first-order chi connectivity index (χ1) is 9.11. The molecule has 1 aliphatic carbocycles. The molecule has 2 atom stereocenters. The van der Waals surface area contributed by atoms with Crippen molar-refractivity contribution in [2.45, 2.75) is 77.0 Å². The minimum absolute atomic E-state index is 0.217. The van der Waals surface area contributed by atoms with E-state index >= 15 is 0 Å². The predicted molar refractivity (Wildman–Crippen MR) is 80.2 cm³/mol. The molecule has 19 heavy (non-hydrogen) atoms. The van der Waals surface area contributed by atoms with E-state index in [1.54, 1.807) is 0 Å². The van der Waals surface area contributed by atoms with E-state index in [2.05, 4.69) is 25.7 Å². The van der Waals surface area contributed by atoms with Crippen molar-refractivity contribution in [3.8, 4) is 0 Å². The van der Waals surface area contributed by atoms with Gasteiger partial charge in [0.1, 0.15) is 0 Å². The van der Waals surface area contributed by atoms with Gasteiger partial charge in [-0.1, -0.05) is 20.8 Å². The lowest BCUT2D eigenvalue weighted by Crippen LogP contribution is -2.59. The van der Waals surface area contributed by atoms with E-state index in [-0.39, 0.29) is 5.54 Å². The Kier molecular flexibility index (Phi) is 5.27. The zero-order valence-electron chi connectivity index (χ0n) is 13.0. The van der Waals surface area contributed by atoms with Crippen LogP contribution in [0.5, 0.6) is 0 Å². The molecule has 0 spiro atoms. The molecule has 3 heteroatoms. The molecule has 0 aromatic carbocycles. The van der Waals surface area contributed by atoms with Crippen LogP contribution >= 0.6 is 0 Å². The zero-order valence-corrected chi connectivity index (χ0v) is 13.0. The zero-order chi connectivity index (χ0) is 13.9. The minimum Gasteiger partial charge on any atom is -0.378 e. The molecular formula is C16H32N2O. The third kappa shape index (κ3) is 3.71. The van der Waals surface area contributed by atoms with Crippen LogP contribution < -0.4 is 5.73 Å². The largest absolute Gasteiger partial charge is 0.378 e. The van der Waals surface area contributed by atoms with Crippen molar-refractivity contribution < 1.29 is 4.74 Å². The van der Waals surface area contributed by atoms with Crippen molar-refractivity contribution in [1.82, 2.24) is 4.90 Å². The highest BCUT2D eigenvalue weighted by molar-refractivity contribution is 5.02. The first-order valence-electron chi connectivity index (χ1n) is 8.19. The van der Waals surface area contributed by atoms with Crippen molar-refractivity contribution in [1.29, 1.82) is 0 Å². The van der Waals surface area contributed by atoms with Crippen LogP contribution in [0.4, 0.5) is 0 Å². The summed E-state index contributed by atoms with van der Waals surface area (Å²) < 4.78 is 5.88. The van der Waals surface area contributed by atoms with Crippen LogP contribution in [-0.2, 0) is 4.74 Å². The maximum atomic E-state index is 6.23. The number of hydrogen-bond acceptors (Lipinski definition) is 3. The van der Waals surface area contributed by atoms with Crippen LogP contribution in [0.1, 0.15) is 59.3 Å². The smallest absolute Gasteiger partial charge is 0.0590 e. The molecule has 2 aliphatic rings. The third-order valence-corrected chi connectivity index (χ3v) is 4.91. The van der Waals surface area contributed by atoms with E-state index in [1.807, 2.05) is 0 Å². The lowest BCUT2D eigenvalue weighted by atomic mass is 9.83. The lowest BCUT2D eigenvalue weighted by Gasteiger charge is -2.48. The summed E-state index contributed by atoms with van der Waals surface area (Å²) in [5.74, 6) is 0.776. The molecule has 1 saturated carbocycles. The normalized spacial score (nSPS) is 32.2. The average molecular weight is 268 g/mol. The molecule has 0 aromatic heterocycles. The second-order valence-corrected chi connectivity index (χ2v) is 6.89. The predicted octanol–water partition coefficient (Wildman–Crippen LogP) is 2.78. The van der Waals surface area contributed by atoms with Gasteiger partial charge >= 0.3 is 0 Å². The number of ether oxygens (including phenoxy) is 1. The molecule has 2 N–H and O–H groups in total. The van der Waals surface area contributed by atoms with E-state index in [0.29, 0.717) is 6.10 Å². The van der Waals surface area contributed by atoms with Crippen LogP contribution in [-0.4, -0.2) is 42.3 Å². The molecule has 0 amide bonds. The first kappa shape index (κ1) is 15.3. The fourth-order valence-corrected chi connectivity index (χ4v) is 3.42. The van der Waals surface area contributed by atoms with Crippen LogP contribution in [0.3, 0.4) is 0 Å². The molecule has 0 bridgehead atoms. The lowest BCUT2D eigenvalue weighted by molar-refractivity contribution is -0.0758. The van der Waals surface area contributed by atoms with Gasteiger partial charge < -0.3 is 10.5 Å². The van der Waals surface area contributed by atoms with Gasteiger partial charge in [-0.25, -0.2) is 0 Å². The first-order valence-corrected chi connectivity index (χ1v) is 8.19. The molecular weight excluding hydrogens is 236 g/mol. The monoisotopic (exact) mass is 268 g/mol.